The highest BCUT2D eigenvalue weighted by Crippen LogP contribution is 2.29. The molecule has 0 saturated carbocycles. The Morgan fingerprint density at radius 2 is 1.69 bits per heavy atom. The Balaban J connectivity index is 1.72. The van der Waals surface area contributed by atoms with E-state index in [1.807, 2.05) is 19.2 Å². The molecule has 0 aliphatic heterocycles. The summed E-state index contributed by atoms with van der Waals surface area (Å²) in [5.41, 5.74) is 2.83. The number of rotatable bonds is 8. The van der Waals surface area contributed by atoms with Gasteiger partial charge in [0.1, 0.15) is 12.4 Å². The monoisotopic (exact) mass is 394 g/mol. The van der Waals surface area contributed by atoms with Crippen molar-refractivity contribution in [2.24, 2.45) is 0 Å². The number of halogens is 2. The molecule has 0 saturated heterocycles. The molecule has 6 heteroatoms. The van der Waals surface area contributed by atoms with E-state index in [1.54, 1.807) is 18.2 Å². The zero-order valence-electron chi connectivity index (χ0n) is 15.3. The first-order chi connectivity index (χ1) is 12.3. The number of amides is 1. The maximum Gasteiger partial charge on any atom is 0.225 e. The SMILES string of the molecule is Cc1cc(C)cc(OCCN(C)CCC(=O)Nc2c(Cl)cccc2Cl)c1. The maximum absolute atomic E-state index is 12.1. The second kappa shape index (κ2) is 9.81. The molecule has 0 heterocycles. The molecule has 2 rings (SSSR count). The molecule has 1 amide bonds. The first-order valence-corrected chi connectivity index (χ1v) is 9.24. The third-order valence-electron chi connectivity index (χ3n) is 3.88. The number of likely N-dealkylation sites (N-methyl/N-ethyl adjacent to an activating group) is 1. The number of benzene rings is 2. The number of ether oxygens (including phenoxy) is 1. The average Bonchev–Trinajstić information content (AvgIpc) is 2.55. The van der Waals surface area contributed by atoms with Gasteiger partial charge in [-0.05, 0) is 56.3 Å². The third kappa shape index (κ3) is 6.52. The van der Waals surface area contributed by atoms with Crippen molar-refractivity contribution in [2.75, 3.05) is 32.1 Å². The molecule has 0 aliphatic rings. The van der Waals surface area contributed by atoms with E-state index in [4.69, 9.17) is 27.9 Å². The lowest BCUT2D eigenvalue weighted by molar-refractivity contribution is -0.116. The van der Waals surface area contributed by atoms with Crippen molar-refractivity contribution in [2.45, 2.75) is 20.3 Å². The molecule has 4 nitrogen and oxygen atoms in total. The van der Waals surface area contributed by atoms with E-state index in [1.165, 1.54) is 11.1 Å². The molecule has 2 aromatic carbocycles. The van der Waals surface area contributed by atoms with Crippen molar-refractivity contribution in [1.82, 2.24) is 4.90 Å². The lowest BCUT2D eigenvalue weighted by Crippen LogP contribution is -2.28. The molecule has 0 radical (unpaired) electrons. The van der Waals surface area contributed by atoms with Gasteiger partial charge in [0, 0.05) is 19.5 Å². The normalized spacial score (nSPS) is 10.8. The van der Waals surface area contributed by atoms with Gasteiger partial charge in [0.25, 0.3) is 0 Å². The third-order valence-corrected chi connectivity index (χ3v) is 4.51. The van der Waals surface area contributed by atoms with E-state index in [0.29, 0.717) is 35.3 Å². The van der Waals surface area contributed by atoms with Crippen LogP contribution in [0.1, 0.15) is 17.5 Å². The van der Waals surface area contributed by atoms with Crippen LogP contribution >= 0.6 is 23.2 Å². The van der Waals surface area contributed by atoms with Crippen molar-refractivity contribution in [3.05, 3.63) is 57.6 Å². The van der Waals surface area contributed by atoms with Crippen LogP contribution in [-0.4, -0.2) is 37.6 Å². The highest BCUT2D eigenvalue weighted by Gasteiger charge is 2.10. The first-order valence-electron chi connectivity index (χ1n) is 8.48. The molecule has 140 valence electrons. The predicted molar refractivity (Wildman–Crippen MR) is 109 cm³/mol. The Morgan fingerprint density at radius 1 is 1.08 bits per heavy atom. The van der Waals surface area contributed by atoms with Crippen LogP contribution in [0.3, 0.4) is 0 Å². The summed E-state index contributed by atoms with van der Waals surface area (Å²) in [6.45, 7) is 6.01. The topological polar surface area (TPSA) is 41.6 Å². The van der Waals surface area contributed by atoms with Crippen LogP contribution in [0.15, 0.2) is 36.4 Å². The number of para-hydroxylation sites is 1. The number of hydrogen-bond donors (Lipinski definition) is 1. The van der Waals surface area contributed by atoms with Gasteiger partial charge in [-0.3, -0.25) is 4.79 Å². The molecule has 0 bridgehead atoms. The first kappa shape index (κ1) is 20.6. The number of hydrogen-bond acceptors (Lipinski definition) is 3. The minimum absolute atomic E-state index is 0.123. The van der Waals surface area contributed by atoms with E-state index in [9.17, 15) is 4.79 Å². The van der Waals surface area contributed by atoms with Gasteiger partial charge in [-0.1, -0.05) is 35.3 Å². The van der Waals surface area contributed by atoms with Crippen molar-refractivity contribution in [1.29, 1.82) is 0 Å². The van der Waals surface area contributed by atoms with E-state index < -0.39 is 0 Å². The summed E-state index contributed by atoms with van der Waals surface area (Å²) in [7, 11) is 1.96. The van der Waals surface area contributed by atoms with Gasteiger partial charge in [0.2, 0.25) is 5.91 Å². The highest BCUT2D eigenvalue weighted by molar-refractivity contribution is 6.39. The Morgan fingerprint density at radius 3 is 2.31 bits per heavy atom. The Hall–Kier alpha value is -1.75. The van der Waals surface area contributed by atoms with Crippen LogP contribution in [-0.2, 0) is 4.79 Å². The highest BCUT2D eigenvalue weighted by atomic mass is 35.5. The molecule has 0 fully saturated rings. The zero-order chi connectivity index (χ0) is 19.1. The zero-order valence-corrected chi connectivity index (χ0v) is 16.8. The molecule has 2 aromatic rings. The summed E-state index contributed by atoms with van der Waals surface area (Å²) >= 11 is 12.1. The summed E-state index contributed by atoms with van der Waals surface area (Å²) in [5, 5.41) is 3.63. The minimum Gasteiger partial charge on any atom is -0.492 e. The molecule has 0 spiro atoms. The van der Waals surface area contributed by atoms with Gasteiger partial charge in [0.05, 0.1) is 15.7 Å². The van der Waals surface area contributed by atoms with Crippen LogP contribution in [0.4, 0.5) is 5.69 Å². The standard InChI is InChI=1S/C20H24Cl2N2O2/c1-14-11-15(2)13-16(12-14)26-10-9-24(3)8-7-19(25)23-20-17(21)5-4-6-18(20)22/h4-6,11-13H,7-10H2,1-3H3,(H,23,25). The smallest absolute Gasteiger partial charge is 0.225 e. The van der Waals surface area contributed by atoms with E-state index >= 15 is 0 Å². The van der Waals surface area contributed by atoms with E-state index in [0.717, 1.165) is 12.3 Å². The fourth-order valence-corrected chi connectivity index (χ4v) is 3.05. The van der Waals surface area contributed by atoms with Gasteiger partial charge in [-0.15, -0.1) is 0 Å². The fourth-order valence-electron chi connectivity index (χ4n) is 2.56. The second-order valence-corrected chi connectivity index (χ2v) is 7.18. The maximum atomic E-state index is 12.1. The van der Waals surface area contributed by atoms with Crippen LogP contribution in [0, 0.1) is 13.8 Å². The number of anilines is 1. The summed E-state index contributed by atoms with van der Waals surface area (Å²) in [5.74, 6) is 0.754. The van der Waals surface area contributed by atoms with Crippen molar-refractivity contribution >= 4 is 34.8 Å². The number of carbonyl (C=O) groups is 1. The summed E-state index contributed by atoms with van der Waals surface area (Å²) in [4.78, 5) is 14.2. The number of nitrogens with zero attached hydrogens (tertiary/aromatic N) is 1. The van der Waals surface area contributed by atoms with Crippen molar-refractivity contribution in [3.63, 3.8) is 0 Å². The molecule has 0 aromatic heterocycles. The molecular formula is C20H24Cl2N2O2. The van der Waals surface area contributed by atoms with Crippen molar-refractivity contribution < 1.29 is 9.53 Å². The summed E-state index contributed by atoms with van der Waals surface area (Å²) in [6.07, 6.45) is 0.349. The van der Waals surface area contributed by atoms with Gasteiger partial charge < -0.3 is 15.0 Å². The number of nitrogens with one attached hydrogen (secondary N) is 1. The molecule has 26 heavy (non-hydrogen) atoms. The average molecular weight is 395 g/mol. The van der Waals surface area contributed by atoms with Gasteiger partial charge in [-0.25, -0.2) is 0 Å². The predicted octanol–water partition coefficient (Wildman–Crippen LogP) is 4.95. The van der Waals surface area contributed by atoms with Crippen molar-refractivity contribution in [3.8, 4) is 5.75 Å². The van der Waals surface area contributed by atoms with Gasteiger partial charge in [-0.2, -0.15) is 0 Å². The molecule has 0 aliphatic carbocycles. The van der Waals surface area contributed by atoms with Crippen LogP contribution < -0.4 is 10.1 Å². The summed E-state index contributed by atoms with van der Waals surface area (Å²) < 4.78 is 5.80. The Bertz CT molecular complexity index is 725. The van der Waals surface area contributed by atoms with Gasteiger partial charge >= 0.3 is 0 Å². The fraction of sp³-hybridized carbons (Fsp3) is 0.350. The lowest BCUT2D eigenvalue weighted by Gasteiger charge is -2.17. The summed E-state index contributed by atoms with van der Waals surface area (Å²) in [6, 6.07) is 11.3. The molecule has 1 N–H and O–H groups in total. The number of carbonyl (C=O) groups excluding carboxylic acids is 1. The number of aryl methyl sites for hydroxylation is 2. The quantitative estimate of drug-likeness (QED) is 0.688. The van der Waals surface area contributed by atoms with Crippen LogP contribution in [0.2, 0.25) is 10.0 Å². The Labute approximate surface area is 165 Å². The van der Waals surface area contributed by atoms with Crippen LogP contribution in [0.5, 0.6) is 5.75 Å². The van der Waals surface area contributed by atoms with Gasteiger partial charge in [0.15, 0.2) is 0 Å². The molecule has 0 unspecified atom stereocenters. The van der Waals surface area contributed by atoms with Crippen LogP contribution in [0.25, 0.3) is 0 Å². The lowest BCUT2D eigenvalue weighted by atomic mass is 10.1. The van der Waals surface area contributed by atoms with E-state index in [2.05, 4.69) is 30.1 Å². The second-order valence-electron chi connectivity index (χ2n) is 6.37. The molecular weight excluding hydrogens is 371 g/mol. The van der Waals surface area contributed by atoms with E-state index in [-0.39, 0.29) is 5.91 Å². The molecule has 0 atom stereocenters. The Kier molecular flexibility index (Phi) is 7.76. The largest absolute Gasteiger partial charge is 0.492 e. The minimum atomic E-state index is -0.123.